The van der Waals surface area contributed by atoms with E-state index in [2.05, 4.69) is 4.52 Å². The molecule has 5 nitrogen and oxygen atoms in total. The minimum absolute atomic E-state index is 0.0587. The lowest BCUT2D eigenvalue weighted by atomic mass is 10.6. The summed E-state index contributed by atoms with van der Waals surface area (Å²) in [4.78, 5) is 18.6. The first-order valence-electron chi connectivity index (χ1n) is 3.57. The standard InChI is InChI=1S/C6H11O5PSi/c1-13(2,3)11-6(4-7)5-10-12(8)9/h5H2,1-3H3/p+1. The summed E-state index contributed by atoms with van der Waals surface area (Å²) < 4.78 is 19.6. The molecular weight excluding hydrogens is 211 g/mol. The smallest absolute Gasteiger partial charge is 0.538 e. The van der Waals surface area contributed by atoms with Gasteiger partial charge in [0, 0.05) is 4.57 Å². The van der Waals surface area contributed by atoms with Gasteiger partial charge in [-0.3, -0.25) is 0 Å². The maximum absolute atomic E-state index is 10.3. The third-order valence-corrected chi connectivity index (χ3v) is 2.06. The summed E-state index contributed by atoms with van der Waals surface area (Å²) in [5, 5.41) is 0. The summed E-state index contributed by atoms with van der Waals surface area (Å²) in [6.45, 7) is 5.33. The van der Waals surface area contributed by atoms with Crippen LogP contribution in [0.2, 0.25) is 19.6 Å². The van der Waals surface area contributed by atoms with Gasteiger partial charge in [-0.2, -0.15) is 0 Å². The first-order valence-corrected chi connectivity index (χ1v) is 8.11. The molecule has 0 bridgehead atoms. The molecule has 0 fully saturated rings. The van der Waals surface area contributed by atoms with Crippen molar-refractivity contribution in [3.05, 3.63) is 5.76 Å². The zero-order chi connectivity index (χ0) is 10.5. The number of carbonyl (C=O) groups excluding carboxylic acids is 1. The molecule has 0 rings (SSSR count). The van der Waals surface area contributed by atoms with E-state index in [0.29, 0.717) is 0 Å². The Morgan fingerprint density at radius 2 is 2.08 bits per heavy atom. The Kier molecular flexibility index (Phi) is 5.06. The summed E-state index contributed by atoms with van der Waals surface area (Å²) in [7, 11) is -4.56. The van der Waals surface area contributed by atoms with E-state index >= 15 is 0 Å². The van der Waals surface area contributed by atoms with Crippen molar-refractivity contribution in [3.63, 3.8) is 0 Å². The Hall–Kier alpha value is -0.513. The van der Waals surface area contributed by atoms with E-state index in [1.54, 1.807) is 0 Å². The Morgan fingerprint density at radius 3 is 2.38 bits per heavy atom. The van der Waals surface area contributed by atoms with Crippen LogP contribution in [0.3, 0.4) is 0 Å². The highest BCUT2D eigenvalue weighted by atomic mass is 31.1. The molecule has 0 aromatic heterocycles. The fourth-order valence-corrected chi connectivity index (χ4v) is 1.63. The minimum atomic E-state index is -2.69. The molecule has 0 heterocycles. The fraction of sp³-hybridized carbons (Fsp3) is 0.667. The van der Waals surface area contributed by atoms with Crippen molar-refractivity contribution >= 4 is 22.5 Å². The van der Waals surface area contributed by atoms with E-state index in [1.807, 2.05) is 19.6 Å². The topological polar surface area (TPSA) is 72.8 Å². The van der Waals surface area contributed by atoms with Crippen LogP contribution in [0.25, 0.3) is 0 Å². The summed E-state index contributed by atoms with van der Waals surface area (Å²) in [6.07, 6.45) is 0. The highest BCUT2D eigenvalue weighted by Crippen LogP contribution is 2.17. The van der Waals surface area contributed by atoms with E-state index < -0.39 is 16.6 Å². The third-order valence-electron chi connectivity index (χ3n) is 0.849. The second kappa shape index (κ2) is 5.27. The molecule has 1 N–H and O–H groups in total. The monoisotopic (exact) mass is 223 g/mol. The average molecular weight is 223 g/mol. The SMILES string of the molecule is C[Si](C)(C)OC(=C=O)CO[P+](=O)O. The highest BCUT2D eigenvalue weighted by Gasteiger charge is 2.21. The van der Waals surface area contributed by atoms with E-state index in [-0.39, 0.29) is 12.4 Å². The minimum Gasteiger partial charge on any atom is -0.538 e. The van der Waals surface area contributed by atoms with Gasteiger partial charge >= 0.3 is 8.25 Å². The van der Waals surface area contributed by atoms with Crippen LogP contribution in [0, 0.1) is 0 Å². The molecule has 0 saturated carbocycles. The van der Waals surface area contributed by atoms with Crippen LogP contribution in [0.4, 0.5) is 0 Å². The van der Waals surface area contributed by atoms with Gasteiger partial charge in [-0.1, -0.05) is 0 Å². The quantitative estimate of drug-likeness (QED) is 0.328. The lowest BCUT2D eigenvalue weighted by Gasteiger charge is -2.17. The maximum atomic E-state index is 10.3. The second-order valence-electron chi connectivity index (χ2n) is 3.25. The molecule has 0 amide bonds. The lowest BCUT2D eigenvalue weighted by Crippen LogP contribution is -2.26. The van der Waals surface area contributed by atoms with Crippen molar-refractivity contribution in [1.29, 1.82) is 0 Å². The van der Waals surface area contributed by atoms with Gasteiger partial charge in [0.2, 0.25) is 8.32 Å². The van der Waals surface area contributed by atoms with E-state index in [1.165, 1.54) is 5.94 Å². The van der Waals surface area contributed by atoms with E-state index in [9.17, 15) is 9.36 Å². The molecule has 7 heteroatoms. The molecule has 0 spiro atoms. The first kappa shape index (κ1) is 12.5. The normalized spacial score (nSPS) is 11.8. The Bertz CT molecular complexity index is 240. The van der Waals surface area contributed by atoms with Crippen molar-refractivity contribution in [3.8, 4) is 0 Å². The molecule has 0 aliphatic rings. The van der Waals surface area contributed by atoms with Crippen molar-refractivity contribution < 1.29 is 23.2 Å². The van der Waals surface area contributed by atoms with Crippen LogP contribution in [-0.4, -0.2) is 25.8 Å². The Balaban J connectivity index is 4.08. The molecule has 0 aromatic rings. The zero-order valence-electron chi connectivity index (χ0n) is 7.73. The van der Waals surface area contributed by atoms with Crippen LogP contribution in [0.1, 0.15) is 0 Å². The van der Waals surface area contributed by atoms with Crippen LogP contribution < -0.4 is 0 Å². The van der Waals surface area contributed by atoms with Crippen LogP contribution in [0.15, 0.2) is 5.76 Å². The maximum Gasteiger partial charge on any atom is 0.695 e. The van der Waals surface area contributed by atoms with Crippen molar-refractivity contribution in [1.82, 2.24) is 0 Å². The lowest BCUT2D eigenvalue weighted by molar-refractivity contribution is 0.259. The van der Waals surface area contributed by atoms with Crippen molar-refractivity contribution in [2.75, 3.05) is 6.61 Å². The van der Waals surface area contributed by atoms with Crippen LogP contribution in [0.5, 0.6) is 0 Å². The molecule has 0 aromatic carbocycles. The van der Waals surface area contributed by atoms with Crippen LogP contribution >= 0.6 is 8.25 Å². The van der Waals surface area contributed by atoms with E-state index in [0.717, 1.165) is 0 Å². The van der Waals surface area contributed by atoms with Gasteiger partial charge in [-0.05, 0) is 19.6 Å². The van der Waals surface area contributed by atoms with Gasteiger partial charge in [0.1, 0.15) is 0 Å². The number of hydrogen-bond donors (Lipinski definition) is 1. The highest BCUT2D eigenvalue weighted by molar-refractivity contribution is 7.32. The molecule has 1 atom stereocenters. The van der Waals surface area contributed by atoms with Gasteiger partial charge < -0.3 is 4.43 Å². The third kappa shape index (κ3) is 7.84. The molecule has 0 aliphatic heterocycles. The molecule has 0 saturated heterocycles. The molecule has 13 heavy (non-hydrogen) atoms. The number of hydrogen-bond acceptors (Lipinski definition) is 4. The zero-order valence-corrected chi connectivity index (χ0v) is 9.63. The van der Waals surface area contributed by atoms with Gasteiger partial charge in [0.05, 0.1) is 0 Å². The summed E-state index contributed by atoms with van der Waals surface area (Å²) >= 11 is 0. The van der Waals surface area contributed by atoms with Crippen molar-refractivity contribution in [2.24, 2.45) is 0 Å². The average Bonchev–Trinajstić information content (AvgIpc) is 1.95. The number of rotatable bonds is 5. The Morgan fingerprint density at radius 1 is 1.54 bits per heavy atom. The second-order valence-corrected chi connectivity index (χ2v) is 8.41. The fourth-order valence-electron chi connectivity index (χ4n) is 0.563. The summed E-state index contributed by atoms with van der Waals surface area (Å²) in [6, 6.07) is 0. The molecule has 0 aliphatic carbocycles. The summed E-state index contributed by atoms with van der Waals surface area (Å²) in [5.74, 6) is 1.47. The first-order chi connectivity index (χ1) is 5.85. The van der Waals surface area contributed by atoms with E-state index in [4.69, 9.17) is 9.32 Å². The van der Waals surface area contributed by atoms with Gasteiger partial charge in [0.25, 0.3) is 0 Å². The predicted octanol–water partition coefficient (Wildman–Crippen LogP) is 1.22. The molecular formula is C6H12O5PSi+. The molecule has 1 unspecified atom stereocenters. The largest absolute Gasteiger partial charge is 0.695 e. The molecule has 74 valence electrons. The summed E-state index contributed by atoms with van der Waals surface area (Å²) in [5.41, 5.74) is 0. The molecule has 0 radical (unpaired) electrons. The van der Waals surface area contributed by atoms with Crippen molar-refractivity contribution in [2.45, 2.75) is 19.6 Å². The van der Waals surface area contributed by atoms with Gasteiger partial charge in [0.15, 0.2) is 18.3 Å². The van der Waals surface area contributed by atoms with Gasteiger partial charge in [-0.15, -0.1) is 9.42 Å². The predicted molar refractivity (Wildman–Crippen MR) is 49.4 cm³/mol. The van der Waals surface area contributed by atoms with Gasteiger partial charge in [-0.25, -0.2) is 4.79 Å². The Labute approximate surface area is 78.4 Å². The van der Waals surface area contributed by atoms with Crippen LogP contribution in [-0.2, 0) is 18.3 Å².